The molecule has 6 nitrogen and oxygen atoms in total. The van der Waals surface area contributed by atoms with E-state index < -0.39 is 0 Å². The Hall–Kier alpha value is -2.11. The molecule has 116 valence electrons. The molecular formula is C16H20N4O2. The lowest BCUT2D eigenvalue weighted by Gasteiger charge is -2.32. The van der Waals surface area contributed by atoms with Crippen LogP contribution in [-0.4, -0.2) is 39.3 Å². The first-order valence-corrected chi connectivity index (χ1v) is 8.09. The molecule has 2 aromatic rings. The molecule has 1 aliphatic heterocycles. The van der Waals surface area contributed by atoms with Gasteiger partial charge in [0.05, 0.1) is 0 Å². The molecule has 0 aromatic carbocycles. The topological polar surface area (TPSA) is 75.0 Å². The fraction of sp³-hybridized carbons (Fsp3) is 0.562. The molecule has 1 amide bonds. The number of aromatic nitrogens is 3. The Kier molecular flexibility index (Phi) is 3.44. The van der Waals surface area contributed by atoms with Crippen LogP contribution in [0.3, 0.4) is 0 Å². The number of fused-ring (bicyclic) bond motifs is 1. The number of rotatable bonds is 2. The van der Waals surface area contributed by atoms with Crippen molar-refractivity contribution < 1.29 is 9.32 Å². The van der Waals surface area contributed by atoms with E-state index in [9.17, 15) is 4.79 Å². The first kappa shape index (κ1) is 13.5. The van der Waals surface area contributed by atoms with Crippen molar-refractivity contribution in [3.63, 3.8) is 0 Å². The maximum Gasteiger partial charge on any atom is 0.276 e. The molecule has 1 saturated heterocycles. The number of hydrogen-bond donors (Lipinski definition) is 1. The van der Waals surface area contributed by atoms with Crippen molar-refractivity contribution >= 4 is 5.91 Å². The third-order valence-corrected chi connectivity index (χ3v) is 4.82. The largest absolute Gasteiger partial charge is 0.360 e. The van der Waals surface area contributed by atoms with Gasteiger partial charge in [-0.05, 0) is 38.2 Å². The molecule has 2 aliphatic rings. The maximum atomic E-state index is 12.8. The van der Waals surface area contributed by atoms with Gasteiger partial charge in [0.2, 0.25) is 0 Å². The molecule has 0 bridgehead atoms. The molecular weight excluding hydrogens is 280 g/mol. The van der Waals surface area contributed by atoms with Crippen molar-refractivity contribution in [1.29, 1.82) is 0 Å². The van der Waals surface area contributed by atoms with Gasteiger partial charge in [0.1, 0.15) is 5.76 Å². The van der Waals surface area contributed by atoms with E-state index in [4.69, 9.17) is 4.52 Å². The number of aryl methyl sites for hydroxylation is 1. The van der Waals surface area contributed by atoms with Gasteiger partial charge in [0, 0.05) is 42.9 Å². The van der Waals surface area contributed by atoms with Crippen molar-refractivity contribution in [1.82, 2.24) is 20.3 Å². The predicted molar refractivity (Wildman–Crippen MR) is 79.6 cm³/mol. The minimum atomic E-state index is 0.0242. The number of carbonyl (C=O) groups is 1. The lowest BCUT2D eigenvalue weighted by atomic mass is 9.93. The molecule has 0 spiro atoms. The second-order valence-corrected chi connectivity index (χ2v) is 6.24. The summed E-state index contributed by atoms with van der Waals surface area (Å²) in [5, 5.41) is 11.1. The first-order chi connectivity index (χ1) is 10.8. The zero-order valence-corrected chi connectivity index (χ0v) is 12.5. The fourth-order valence-electron chi connectivity index (χ4n) is 3.61. The molecule has 0 saturated carbocycles. The summed E-state index contributed by atoms with van der Waals surface area (Å²) in [6.45, 7) is 1.52. The average molecular weight is 300 g/mol. The monoisotopic (exact) mass is 300 g/mol. The van der Waals surface area contributed by atoms with Crippen LogP contribution < -0.4 is 0 Å². The van der Waals surface area contributed by atoms with Gasteiger partial charge in [-0.25, -0.2) is 0 Å². The standard InChI is InChI=1S/C16H20N4O2/c21-16(15-12-5-1-2-6-14(12)22-19-15)20-9-3-4-11(10-20)13-7-8-17-18-13/h7-8,11H,1-6,9-10H2,(H,17,18)/t11-/m1/s1. The van der Waals surface area contributed by atoms with E-state index in [-0.39, 0.29) is 5.91 Å². The lowest BCUT2D eigenvalue weighted by Crippen LogP contribution is -2.39. The van der Waals surface area contributed by atoms with Gasteiger partial charge in [0.15, 0.2) is 5.69 Å². The van der Waals surface area contributed by atoms with E-state index in [1.165, 1.54) is 0 Å². The van der Waals surface area contributed by atoms with Crippen molar-refractivity contribution in [2.45, 2.75) is 44.4 Å². The number of carbonyl (C=O) groups excluding carboxylic acids is 1. The van der Waals surface area contributed by atoms with Gasteiger partial charge in [-0.15, -0.1) is 0 Å². The van der Waals surface area contributed by atoms with Crippen LogP contribution in [0.4, 0.5) is 0 Å². The number of H-pyrrole nitrogens is 1. The molecule has 1 N–H and O–H groups in total. The molecule has 1 aliphatic carbocycles. The highest BCUT2D eigenvalue weighted by atomic mass is 16.5. The second kappa shape index (κ2) is 5.59. The second-order valence-electron chi connectivity index (χ2n) is 6.24. The molecule has 1 atom stereocenters. The van der Waals surface area contributed by atoms with Crippen LogP contribution in [0.1, 0.15) is 59.1 Å². The highest BCUT2D eigenvalue weighted by Crippen LogP contribution is 2.29. The van der Waals surface area contributed by atoms with Crippen molar-refractivity contribution in [2.24, 2.45) is 0 Å². The summed E-state index contributed by atoms with van der Waals surface area (Å²) in [5.41, 5.74) is 2.69. The van der Waals surface area contributed by atoms with E-state index >= 15 is 0 Å². The molecule has 1 fully saturated rings. The SMILES string of the molecule is O=C(c1noc2c1CCCC2)N1CCC[C@@H](c2ccn[nH]2)C1. The zero-order valence-electron chi connectivity index (χ0n) is 12.5. The molecule has 3 heterocycles. The number of hydrogen-bond acceptors (Lipinski definition) is 4. The Morgan fingerprint density at radius 2 is 2.23 bits per heavy atom. The molecule has 0 unspecified atom stereocenters. The maximum absolute atomic E-state index is 12.8. The summed E-state index contributed by atoms with van der Waals surface area (Å²) in [6, 6.07) is 2.00. The van der Waals surface area contributed by atoms with Crippen LogP contribution in [0.5, 0.6) is 0 Å². The Bertz CT molecular complexity index is 662. The van der Waals surface area contributed by atoms with E-state index in [1.807, 2.05) is 11.0 Å². The van der Waals surface area contributed by atoms with Crippen LogP contribution in [0.15, 0.2) is 16.8 Å². The van der Waals surface area contributed by atoms with Gasteiger partial charge in [0.25, 0.3) is 5.91 Å². The van der Waals surface area contributed by atoms with E-state index in [0.29, 0.717) is 11.6 Å². The van der Waals surface area contributed by atoms with Crippen molar-refractivity contribution in [3.05, 3.63) is 35.0 Å². The minimum Gasteiger partial charge on any atom is -0.360 e. The lowest BCUT2D eigenvalue weighted by molar-refractivity contribution is 0.0694. The number of likely N-dealkylation sites (tertiary alicyclic amines) is 1. The Morgan fingerprint density at radius 1 is 1.32 bits per heavy atom. The number of aromatic amines is 1. The first-order valence-electron chi connectivity index (χ1n) is 8.09. The summed E-state index contributed by atoms with van der Waals surface area (Å²) < 4.78 is 5.38. The molecule has 4 rings (SSSR count). The van der Waals surface area contributed by atoms with Gasteiger partial charge >= 0.3 is 0 Å². The number of piperidine rings is 1. The minimum absolute atomic E-state index is 0.0242. The van der Waals surface area contributed by atoms with Crippen LogP contribution in [0.2, 0.25) is 0 Å². The summed E-state index contributed by atoms with van der Waals surface area (Å²) in [4.78, 5) is 14.7. The smallest absolute Gasteiger partial charge is 0.276 e. The van der Waals surface area contributed by atoms with Gasteiger partial charge in [-0.3, -0.25) is 9.89 Å². The van der Waals surface area contributed by atoms with Crippen LogP contribution >= 0.6 is 0 Å². The Labute approximate surface area is 128 Å². The predicted octanol–water partition coefficient (Wildman–Crippen LogP) is 2.30. The van der Waals surface area contributed by atoms with Crippen LogP contribution in [0, 0.1) is 0 Å². The quantitative estimate of drug-likeness (QED) is 0.923. The van der Waals surface area contributed by atoms with E-state index in [1.54, 1.807) is 6.20 Å². The normalized spacial score (nSPS) is 21.6. The van der Waals surface area contributed by atoms with Gasteiger partial charge in [-0.1, -0.05) is 5.16 Å². The van der Waals surface area contributed by atoms with Gasteiger partial charge in [-0.2, -0.15) is 5.10 Å². The third-order valence-electron chi connectivity index (χ3n) is 4.82. The summed E-state index contributed by atoms with van der Waals surface area (Å²) >= 11 is 0. The summed E-state index contributed by atoms with van der Waals surface area (Å²) in [5.74, 6) is 1.27. The van der Waals surface area contributed by atoms with Crippen molar-refractivity contribution in [3.8, 4) is 0 Å². The van der Waals surface area contributed by atoms with Crippen LogP contribution in [0.25, 0.3) is 0 Å². The number of nitrogens with one attached hydrogen (secondary N) is 1. The van der Waals surface area contributed by atoms with Gasteiger partial charge < -0.3 is 9.42 Å². The Morgan fingerprint density at radius 3 is 3.09 bits per heavy atom. The fourth-order valence-corrected chi connectivity index (χ4v) is 3.61. The molecule has 6 heteroatoms. The van der Waals surface area contributed by atoms with Crippen molar-refractivity contribution in [2.75, 3.05) is 13.1 Å². The van der Waals surface area contributed by atoms with E-state index in [2.05, 4.69) is 15.4 Å². The summed E-state index contributed by atoms with van der Waals surface area (Å²) in [6.07, 6.45) is 7.93. The summed E-state index contributed by atoms with van der Waals surface area (Å²) in [7, 11) is 0. The zero-order chi connectivity index (χ0) is 14.9. The highest BCUT2D eigenvalue weighted by Gasteiger charge is 2.31. The molecule has 22 heavy (non-hydrogen) atoms. The molecule has 2 aromatic heterocycles. The van der Waals surface area contributed by atoms with E-state index in [0.717, 1.165) is 68.6 Å². The Balaban J connectivity index is 1.54. The average Bonchev–Trinajstić information content (AvgIpc) is 3.24. The number of amides is 1. The number of nitrogens with zero attached hydrogens (tertiary/aromatic N) is 3. The highest BCUT2D eigenvalue weighted by molar-refractivity contribution is 5.94. The van der Waals surface area contributed by atoms with Crippen LogP contribution in [-0.2, 0) is 12.8 Å². The third kappa shape index (κ3) is 2.32. The molecule has 0 radical (unpaired) electrons.